The SMILES string of the molecule is CC(=O)Nc1ccc(NCC(=O)Nc2ccc(C(=O)NC(C)c3ccccc3)cc2)cc1. The largest absolute Gasteiger partial charge is 0.376 e. The lowest BCUT2D eigenvalue weighted by Gasteiger charge is -2.14. The van der Waals surface area contributed by atoms with E-state index in [4.69, 9.17) is 0 Å². The van der Waals surface area contributed by atoms with Gasteiger partial charge in [0.1, 0.15) is 0 Å². The monoisotopic (exact) mass is 430 g/mol. The number of carbonyl (C=O) groups is 3. The normalized spacial score (nSPS) is 11.2. The Labute approximate surface area is 187 Å². The zero-order chi connectivity index (χ0) is 22.9. The van der Waals surface area contributed by atoms with Crippen LogP contribution in [0.1, 0.15) is 35.8 Å². The smallest absolute Gasteiger partial charge is 0.251 e. The van der Waals surface area contributed by atoms with Crippen molar-refractivity contribution in [2.24, 2.45) is 0 Å². The molecule has 0 aliphatic carbocycles. The van der Waals surface area contributed by atoms with Crippen LogP contribution in [0.5, 0.6) is 0 Å². The summed E-state index contributed by atoms with van der Waals surface area (Å²) in [4.78, 5) is 35.7. The number of nitrogens with one attached hydrogen (secondary N) is 4. The second-order valence-corrected chi connectivity index (χ2v) is 7.34. The standard InChI is InChI=1S/C25H26N4O3/c1-17(19-6-4-3-5-7-19)27-25(32)20-8-10-23(11-9-20)29-24(31)16-26-21-12-14-22(15-13-21)28-18(2)30/h3-15,17,26H,16H2,1-2H3,(H,27,32)(H,28,30)(H,29,31). The topological polar surface area (TPSA) is 99.3 Å². The fourth-order valence-electron chi connectivity index (χ4n) is 3.07. The van der Waals surface area contributed by atoms with E-state index in [1.54, 1.807) is 48.5 Å². The fourth-order valence-corrected chi connectivity index (χ4v) is 3.07. The Morgan fingerprint density at radius 1 is 0.750 bits per heavy atom. The maximum Gasteiger partial charge on any atom is 0.251 e. The van der Waals surface area contributed by atoms with Gasteiger partial charge in [-0.2, -0.15) is 0 Å². The molecule has 3 aromatic carbocycles. The quantitative estimate of drug-likeness (QED) is 0.431. The van der Waals surface area contributed by atoms with E-state index >= 15 is 0 Å². The molecule has 4 N–H and O–H groups in total. The molecule has 0 bridgehead atoms. The van der Waals surface area contributed by atoms with E-state index in [1.807, 2.05) is 37.3 Å². The summed E-state index contributed by atoms with van der Waals surface area (Å²) in [6.45, 7) is 3.46. The fraction of sp³-hybridized carbons (Fsp3) is 0.160. The summed E-state index contributed by atoms with van der Waals surface area (Å²) in [5.41, 5.74) is 3.60. The highest BCUT2D eigenvalue weighted by Crippen LogP contribution is 2.15. The molecule has 0 fully saturated rings. The Kier molecular flexibility index (Phi) is 7.59. The van der Waals surface area contributed by atoms with Crippen LogP contribution in [0.3, 0.4) is 0 Å². The maximum absolute atomic E-state index is 12.5. The summed E-state index contributed by atoms with van der Waals surface area (Å²) in [7, 11) is 0. The second-order valence-electron chi connectivity index (χ2n) is 7.34. The molecular formula is C25H26N4O3. The first kappa shape index (κ1) is 22.6. The third-order valence-electron chi connectivity index (χ3n) is 4.74. The molecule has 32 heavy (non-hydrogen) atoms. The summed E-state index contributed by atoms with van der Waals surface area (Å²) >= 11 is 0. The first-order valence-corrected chi connectivity index (χ1v) is 10.3. The highest BCUT2D eigenvalue weighted by atomic mass is 16.2. The predicted molar refractivity (Wildman–Crippen MR) is 127 cm³/mol. The average molecular weight is 431 g/mol. The molecule has 0 heterocycles. The maximum atomic E-state index is 12.5. The minimum Gasteiger partial charge on any atom is -0.376 e. The van der Waals surface area contributed by atoms with Crippen molar-refractivity contribution in [1.82, 2.24) is 5.32 Å². The Morgan fingerprint density at radius 2 is 1.31 bits per heavy atom. The van der Waals surface area contributed by atoms with Gasteiger partial charge in [0.2, 0.25) is 11.8 Å². The molecule has 3 amide bonds. The van der Waals surface area contributed by atoms with Crippen LogP contribution in [0.15, 0.2) is 78.9 Å². The number of carbonyl (C=O) groups excluding carboxylic acids is 3. The van der Waals surface area contributed by atoms with E-state index in [-0.39, 0.29) is 30.3 Å². The van der Waals surface area contributed by atoms with Crippen LogP contribution in [-0.4, -0.2) is 24.3 Å². The molecule has 7 nitrogen and oxygen atoms in total. The van der Waals surface area contributed by atoms with Crippen LogP contribution in [-0.2, 0) is 9.59 Å². The van der Waals surface area contributed by atoms with E-state index in [1.165, 1.54) is 6.92 Å². The van der Waals surface area contributed by atoms with Crippen molar-refractivity contribution in [3.63, 3.8) is 0 Å². The summed E-state index contributed by atoms with van der Waals surface area (Å²) in [6, 6.07) is 23.4. The second kappa shape index (κ2) is 10.8. The molecule has 0 spiro atoms. The molecule has 0 aromatic heterocycles. The van der Waals surface area contributed by atoms with Crippen LogP contribution in [0.25, 0.3) is 0 Å². The van der Waals surface area contributed by atoms with Crippen molar-refractivity contribution in [2.45, 2.75) is 19.9 Å². The molecule has 0 radical (unpaired) electrons. The number of hydrogen-bond donors (Lipinski definition) is 4. The molecule has 1 unspecified atom stereocenters. The van der Waals surface area contributed by atoms with Gasteiger partial charge in [0, 0.05) is 29.5 Å². The Hall–Kier alpha value is -4.13. The van der Waals surface area contributed by atoms with Gasteiger partial charge in [-0.05, 0) is 61.0 Å². The van der Waals surface area contributed by atoms with Gasteiger partial charge in [0.15, 0.2) is 0 Å². The van der Waals surface area contributed by atoms with Crippen molar-refractivity contribution in [2.75, 3.05) is 22.5 Å². The van der Waals surface area contributed by atoms with Crippen LogP contribution in [0.2, 0.25) is 0 Å². The minimum atomic E-state index is -0.217. The van der Waals surface area contributed by atoms with Crippen molar-refractivity contribution < 1.29 is 14.4 Å². The first-order valence-electron chi connectivity index (χ1n) is 10.3. The number of rotatable bonds is 8. The molecule has 0 aliphatic rings. The van der Waals surface area contributed by atoms with Crippen LogP contribution in [0.4, 0.5) is 17.1 Å². The first-order chi connectivity index (χ1) is 15.4. The summed E-state index contributed by atoms with van der Waals surface area (Å²) in [5, 5.41) is 11.5. The Morgan fingerprint density at radius 3 is 1.94 bits per heavy atom. The lowest BCUT2D eigenvalue weighted by atomic mass is 10.1. The van der Waals surface area contributed by atoms with E-state index in [9.17, 15) is 14.4 Å². The van der Waals surface area contributed by atoms with Gasteiger partial charge in [0.05, 0.1) is 12.6 Å². The summed E-state index contributed by atoms with van der Waals surface area (Å²) in [5.74, 6) is -0.534. The minimum absolute atomic E-state index is 0.0797. The average Bonchev–Trinajstić information content (AvgIpc) is 2.79. The number of benzene rings is 3. The number of hydrogen-bond acceptors (Lipinski definition) is 4. The van der Waals surface area contributed by atoms with Gasteiger partial charge in [-0.1, -0.05) is 30.3 Å². The lowest BCUT2D eigenvalue weighted by molar-refractivity contribution is -0.115. The summed E-state index contributed by atoms with van der Waals surface area (Å²) < 4.78 is 0. The Bertz CT molecular complexity index is 1060. The third-order valence-corrected chi connectivity index (χ3v) is 4.74. The summed E-state index contributed by atoms with van der Waals surface area (Å²) in [6.07, 6.45) is 0. The molecule has 0 saturated heterocycles. The molecule has 0 saturated carbocycles. The zero-order valence-corrected chi connectivity index (χ0v) is 18.0. The van der Waals surface area contributed by atoms with Crippen molar-refractivity contribution in [3.8, 4) is 0 Å². The van der Waals surface area contributed by atoms with Crippen molar-refractivity contribution >= 4 is 34.8 Å². The van der Waals surface area contributed by atoms with Gasteiger partial charge in [-0.15, -0.1) is 0 Å². The van der Waals surface area contributed by atoms with E-state index < -0.39 is 0 Å². The van der Waals surface area contributed by atoms with Crippen molar-refractivity contribution in [1.29, 1.82) is 0 Å². The van der Waals surface area contributed by atoms with Gasteiger partial charge < -0.3 is 21.3 Å². The van der Waals surface area contributed by atoms with Crippen LogP contribution >= 0.6 is 0 Å². The molecule has 164 valence electrons. The van der Waals surface area contributed by atoms with Gasteiger partial charge in [-0.3, -0.25) is 14.4 Å². The van der Waals surface area contributed by atoms with Crippen LogP contribution in [0, 0.1) is 0 Å². The van der Waals surface area contributed by atoms with Crippen molar-refractivity contribution in [3.05, 3.63) is 90.0 Å². The van der Waals surface area contributed by atoms with E-state index in [2.05, 4.69) is 21.3 Å². The van der Waals surface area contributed by atoms with Gasteiger partial charge >= 0.3 is 0 Å². The molecule has 7 heteroatoms. The highest BCUT2D eigenvalue weighted by molar-refractivity contribution is 5.97. The molecule has 1 atom stereocenters. The number of amides is 3. The molecule has 3 rings (SSSR count). The Balaban J connectivity index is 1.47. The lowest BCUT2D eigenvalue weighted by Crippen LogP contribution is -2.26. The third kappa shape index (κ3) is 6.70. The van der Waals surface area contributed by atoms with Crippen LogP contribution < -0.4 is 21.3 Å². The molecular weight excluding hydrogens is 404 g/mol. The highest BCUT2D eigenvalue weighted by Gasteiger charge is 2.11. The van der Waals surface area contributed by atoms with Gasteiger partial charge in [0.25, 0.3) is 5.91 Å². The van der Waals surface area contributed by atoms with E-state index in [0.29, 0.717) is 16.9 Å². The number of anilines is 3. The zero-order valence-electron chi connectivity index (χ0n) is 18.0. The van der Waals surface area contributed by atoms with Gasteiger partial charge in [-0.25, -0.2) is 0 Å². The van der Waals surface area contributed by atoms with E-state index in [0.717, 1.165) is 11.3 Å². The predicted octanol–water partition coefficient (Wildman–Crippen LogP) is 4.19. The molecule has 3 aromatic rings. The molecule has 0 aliphatic heterocycles.